The molecule has 2 aromatic rings. The number of esters is 2. The Morgan fingerprint density at radius 2 is 1.81 bits per heavy atom. The van der Waals surface area contributed by atoms with E-state index in [4.69, 9.17) is 17.3 Å². The molecule has 0 aliphatic heterocycles. The van der Waals surface area contributed by atoms with Crippen molar-refractivity contribution in [2.24, 2.45) is 5.73 Å². The van der Waals surface area contributed by atoms with E-state index in [-0.39, 0.29) is 6.42 Å². The Labute approximate surface area is 162 Å². The maximum Gasteiger partial charge on any atom is 0.337 e. The van der Waals surface area contributed by atoms with E-state index < -0.39 is 30.9 Å². The lowest BCUT2D eigenvalue weighted by atomic mass is 9.98. The molecule has 2 rings (SSSR count). The second-order valence-electron chi connectivity index (χ2n) is 6.14. The summed E-state index contributed by atoms with van der Waals surface area (Å²) < 4.78 is 9.13. The van der Waals surface area contributed by atoms with Gasteiger partial charge in [-0.25, -0.2) is 4.79 Å². The summed E-state index contributed by atoms with van der Waals surface area (Å²) in [6.07, 6.45) is -0.847. The van der Waals surface area contributed by atoms with Crippen LogP contribution in [0.1, 0.15) is 18.9 Å². The van der Waals surface area contributed by atoms with Crippen molar-refractivity contribution >= 4 is 23.5 Å². The van der Waals surface area contributed by atoms with Gasteiger partial charge in [-0.1, -0.05) is 48.0 Å². The summed E-state index contributed by atoms with van der Waals surface area (Å²) in [6.45, 7) is 0.670. The average Bonchev–Trinajstić information content (AvgIpc) is 2.61. The van der Waals surface area contributed by atoms with Crippen LogP contribution in [0, 0.1) is 0 Å². The van der Waals surface area contributed by atoms with Crippen LogP contribution in [0.25, 0.3) is 11.1 Å². The monoisotopic (exact) mass is 391 g/mol. The fourth-order valence-corrected chi connectivity index (χ4v) is 2.73. The summed E-state index contributed by atoms with van der Waals surface area (Å²) in [4.78, 5) is 22.2. The minimum absolute atomic E-state index is 0.0367. The zero-order chi connectivity index (χ0) is 19.8. The predicted molar refractivity (Wildman–Crippen MR) is 102 cm³/mol. The Kier molecular flexibility index (Phi) is 7.79. The molecule has 2 unspecified atom stereocenters. The number of carbonyl (C=O) groups is 2. The summed E-state index contributed by atoms with van der Waals surface area (Å²) in [5, 5.41) is 10.5. The number of hydrogen-bond donors (Lipinski definition) is 2. The number of benzene rings is 2. The molecule has 0 spiro atoms. The van der Waals surface area contributed by atoms with E-state index in [2.05, 4.69) is 9.47 Å². The first kappa shape index (κ1) is 20.9. The molecule has 2 atom stereocenters. The molecule has 0 saturated carbocycles. The molecule has 2 aromatic carbocycles. The molecule has 0 heterocycles. The van der Waals surface area contributed by atoms with Crippen LogP contribution in [-0.4, -0.2) is 36.0 Å². The van der Waals surface area contributed by atoms with Crippen LogP contribution < -0.4 is 5.73 Å². The quantitative estimate of drug-likeness (QED) is 0.530. The van der Waals surface area contributed by atoms with Gasteiger partial charge in [0, 0.05) is 18.0 Å². The maximum absolute atomic E-state index is 11.6. The highest BCUT2D eigenvalue weighted by Crippen LogP contribution is 2.23. The summed E-state index contributed by atoms with van der Waals surface area (Å²) in [5.74, 6) is -1.45. The van der Waals surface area contributed by atoms with Gasteiger partial charge in [-0.3, -0.25) is 4.79 Å². The number of carbonyl (C=O) groups excluding carboxylic acids is 2. The van der Waals surface area contributed by atoms with Crippen molar-refractivity contribution in [3.05, 3.63) is 59.1 Å². The molecule has 0 aliphatic carbocycles. The van der Waals surface area contributed by atoms with Crippen molar-refractivity contribution in [2.75, 3.05) is 6.79 Å². The van der Waals surface area contributed by atoms with Gasteiger partial charge in [0.2, 0.25) is 6.79 Å². The van der Waals surface area contributed by atoms with Crippen molar-refractivity contribution in [3.8, 4) is 11.1 Å². The fraction of sp³-hybridized carbons (Fsp3) is 0.300. The van der Waals surface area contributed by atoms with Crippen LogP contribution in [0.2, 0.25) is 5.02 Å². The fourth-order valence-electron chi connectivity index (χ4n) is 2.54. The Balaban J connectivity index is 1.85. The van der Waals surface area contributed by atoms with Crippen LogP contribution in [0.15, 0.2) is 48.5 Å². The third-order valence-corrected chi connectivity index (χ3v) is 4.11. The van der Waals surface area contributed by atoms with Crippen molar-refractivity contribution in [3.63, 3.8) is 0 Å². The van der Waals surface area contributed by atoms with E-state index in [9.17, 15) is 14.7 Å². The van der Waals surface area contributed by atoms with Crippen molar-refractivity contribution in [2.45, 2.75) is 31.9 Å². The van der Waals surface area contributed by atoms with Crippen LogP contribution in [-0.2, 0) is 25.5 Å². The SMILES string of the molecule is CC(=O)OCOC(=O)C(O)CC(N)Cc1ccc(-c2cccc(Cl)c2)cc1. The minimum Gasteiger partial charge on any atom is -0.428 e. The largest absolute Gasteiger partial charge is 0.428 e. The lowest BCUT2D eigenvalue weighted by Gasteiger charge is -2.16. The average molecular weight is 392 g/mol. The molecule has 6 nitrogen and oxygen atoms in total. The normalized spacial score (nSPS) is 12.9. The molecule has 7 heteroatoms. The van der Waals surface area contributed by atoms with Crippen LogP contribution in [0.5, 0.6) is 0 Å². The Bertz CT molecular complexity index is 778. The zero-order valence-corrected chi connectivity index (χ0v) is 15.7. The number of halogens is 1. The number of ether oxygens (including phenoxy) is 2. The molecule has 3 N–H and O–H groups in total. The minimum atomic E-state index is -1.37. The third kappa shape index (κ3) is 7.02. The second kappa shape index (κ2) is 10.1. The lowest BCUT2D eigenvalue weighted by molar-refractivity contribution is -0.172. The molecule has 0 bridgehead atoms. The van der Waals surface area contributed by atoms with E-state index in [1.54, 1.807) is 0 Å². The highest BCUT2D eigenvalue weighted by molar-refractivity contribution is 6.30. The van der Waals surface area contributed by atoms with Gasteiger partial charge in [0.05, 0.1) is 0 Å². The van der Waals surface area contributed by atoms with E-state index in [0.29, 0.717) is 11.4 Å². The smallest absolute Gasteiger partial charge is 0.337 e. The standard InChI is InChI=1S/C20H22ClNO5/c1-13(23)26-12-27-20(25)19(24)11-18(22)9-14-5-7-15(8-6-14)16-3-2-4-17(21)10-16/h2-8,10,18-19,24H,9,11-12,22H2,1H3. The predicted octanol–water partition coefficient (Wildman–Crippen LogP) is 2.69. The molecule has 144 valence electrons. The first-order valence-corrected chi connectivity index (χ1v) is 8.81. The number of aliphatic hydroxyl groups excluding tert-OH is 1. The van der Waals surface area contributed by atoms with Gasteiger partial charge in [0.25, 0.3) is 0 Å². The Hall–Kier alpha value is -2.41. The van der Waals surface area contributed by atoms with Gasteiger partial charge in [-0.2, -0.15) is 0 Å². The summed E-state index contributed by atoms with van der Waals surface area (Å²) >= 11 is 6.01. The summed E-state index contributed by atoms with van der Waals surface area (Å²) in [6, 6.07) is 15.0. The molecule has 0 saturated heterocycles. The molecule has 0 amide bonds. The van der Waals surface area contributed by atoms with Crippen LogP contribution in [0.3, 0.4) is 0 Å². The van der Waals surface area contributed by atoms with Gasteiger partial charge >= 0.3 is 11.9 Å². The Morgan fingerprint density at radius 1 is 1.11 bits per heavy atom. The van der Waals surface area contributed by atoms with Crippen molar-refractivity contribution < 1.29 is 24.2 Å². The molecule has 0 radical (unpaired) electrons. The zero-order valence-electron chi connectivity index (χ0n) is 14.9. The Morgan fingerprint density at radius 3 is 2.44 bits per heavy atom. The third-order valence-electron chi connectivity index (χ3n) is 3.87. The first-order valence-electron chi connectivity index (χ1n) is 8.43. The number of aliphatic hydroxyl groups is 1. The molecule has 0 aliphatic rings. The first-order chi connectivity index (χ1) is 12.8. The van der Waals surface area contributed by atoms with E-state index in [1.807, 2.05) is 48.5 Å². The summed E-state index contributed by atoms with van der Waals surface area (Å²) in [5.41, 5.74) is 9.05. The molecule has 0 fully saturated rings. The number of nitrogens with two attached hydrogens (primary N) is 1. The summed E-state index contributed by atoms with van der Waals surface area (Å²) in [7, 11) is 0. The van der Waals surface area contributed by atoms with Gasteiger partial charge in [0.15, 0.2) is 6.10 Å². The lowest BCUT2D eigenvalue weighted by Crippen LogP contribution is -2.34. The van der Waals surface area contributed by atoms with Gasteiger partial charge < -0.3 is 20.3 Å². The number of rotatable bonds is 8. The van der Waals surface area contributed by atoms with Gasteiger partial charge in [-0.15, -0.1) is 0 Å². The topological polar surface area (TPSA) is 98.8 Å². The van der Waals surface area contributed by atoms with E-state index in [0.717, 1.165) is 16.7 Å². The van der Waals surface area contributed by atoms with E-state index in [1.165, 1.54) is 6.92 Å². The van der Waals surface area contributed by atoms with Crippen LogP contribution in [0.4, 0.5) is 0 Å². The highest BCUT2D eigenvalue weighted by atomic mass is 35.5. The van der Waals surface area contributed by atoms with Crippen molar-refractivity contribution in [1.29, 1.82) is 0 Å². The highest BCUT2D eigenvalue weighted by Gasteiger charge is 2.20. The van der Waals surface area contributed by atoms with Gasteiger partial charge in [0.1, 0.15) is 0 Å². The van der Waals surface area contributed by atoms with Crippen molar-refractivity contribution in [1.82, 2.24) is 0 Å². The number of hydrogen-bond acceptors (Lipinski definition) is 6. The molecule has 27 heavy (non-hydrogen) atoms. The molecular formula is C20H22ClNO5. The van der Waals surface area contributed by atoms with E-state index >= 15 is 0 Å². The maximum atomic E-state index is 11.6. The van der Waals surface area contributed by atoms with Gasteiger partial charge in [-0.05, 0) is 41.7 Å². The van der Waals surface area contributed by atoms with Crippen LogP contribution >= 0.6 is 11.6 Å². The molecular weight excluding hydrogens is 370 g/mol. The second-order valence-corrected chi connectivity index (χ2v) is 6.58. The molecule has 0 aromatic heterocycles.